The number of fused-ring (bicyclic) bond motifs is 2. The monoisotopic (exact) mass is 288 g/mol. The lowest BCUT2D eigenvalue weighted by Crippen LogP contribution is -2.32. The Labute approximate surface area is 117 Å². The standard InChI is InChI=1S/C14H24O4S/c1-2-17-7-8-18-6-5-14(15)11-9-12-3-4-13(10-11)19(12)16/h11-13H,2-10H2,1H3. The molecule has 2 heterocycles. The maximum absolute atomic E-state index is 12.1. The van der Waals surface area contributed by atoms with Gasteiger partial charge in [0.25, 0.3) is 0 Å². The fourth-order valence-electron chi connectivity index (χ4n) is 3.04. The van der Waals surface area contributed by atoms with E-state index < -0.39 is 10.8 Å². The van der Waals surface area contributed by atoms with E-state index in [1.807, 2.05) is 6.92 Å². The second kappa shape index (κ2) is 7.50. The van der Waals surface area contributed by atoms with Crippen LogP contribution in [0.5, 0.6) is 0 Å². The van der Waals surface area contributed by atoms with Crippen molar-refractivity contribution in [1.82, 2.24) is 0 Å². The van der Waals surface area contributed by atoms with Gasteiger partial charge in [0.05, 0.1) is 19.8 Å². The molecular weight excluding hydrogens is 264 g/mol. The van der Waals surface area contributed by atoms with Crippen molar-refractivity contribution in [3.8, 4) is 0 Å². The van der Waals surface area contributed by atoms with Crippen molar-refractivity contribution >= 4 is 16.6 Å². The summed E-state index contributed by atoms with van der Waals surface area (Å²) in [5.41, 5.74) is 0. The summed E-state index contributed by atoms with van der Waals surface area (Å²) in [4.78, 5) is 12.1. The van der Waals surface area contributed by atoms with Gasteiger partial charge in [0.15, 0.2) is 0 Å². The molecule has 0 N–H and O–H groups in total. The zero-order chi connectivity index (χ0) is 13.7. The van der Waals surface area contributed by atoms with E-state index in [2.05, 4.69) is 0 Å². The molecule has 2 rings (SSSR count). The number of carbonyl (C=O) groups is 1. The Hall–Kier alpha value is -0.260. The van der Waals surface area contributed by atoms with Crippen LogP contribution in [0, 0.1) is 5.92 Å². The van der Waals surface area contributed by atoms with Crippen molar-refractivity contribution in [1.29, 1.82) is 0 Å². The predicted octanol–water partition coefficient (Wildman–Crippen LogP) is 1.69. The second-order valence-electron chi connectivity index (χ2n) is 5.34. The van der Waals surface area contributed by atoms with Crippen LogP contribution in [0.25, 0.3) is 0 Å². The summed E-state index contributed by atoms with van der Waals surface area (Å²) in [5, 5.41) is 0.568. The summed E-state index contributed by atoms with van der Waals surface area (Å²) in [6.45, 7) is 4.29. The van der Waals surface area contributed by atoms with Gasteiger partial charge in [0.2, 0.25) is 0 Å². The smallest absolute Gasteiger partial charge is 0.138 e. The highest BCUT2D eigenvalue weighted by molar-refractivity contribution is 7.86. The molecule has 0 spiro atoms. The van der Waals surface area contributed by atoms with Gasteiger partial charge in [-0.2, -0.15) is 0 Å². The molecule has 0 aromatic rings. The molecule has 2 saturated heterocycles. The normalized spacial score (nSPS) is 33.5. The maximum Gasteiger partial charge on any atom is 0.138 e. The summed E-state index contributed by atoms with van der Waals surface area (Å²) in [5.74, 6) is 0.427. The van der Waals surface area contributed by atoms with Crippen LogP contribution in [0.1, 0.15) is 39.0 Å². The van der Waals surface area contributed by atoms with Crippen LogP contribution in [-0.4, -0.2) is 46.9 Å². The highest BCUT2D eigenvalue weighted by Gasteiger charge is 2.42. The van der Waals surface area contributed by atoms with Crippen molar-refractivity contribution < 1.29 is 18.5 Å². The van der Waals surface area contributed by atoms with Crippen LogP contribution in [-0.2, 0) is 25.1 Å². The molecule has 2 fully saturated rings. The molecule has 0 aromatic heterocycles. The number of ketones is 1. The third kappa shape index (κ3) is 4.10. The van der Waals surface area contributed by atoms with E-state index in [1.54, 1.807) is 0 Å². The lowest BCUT2D eigenvalue weighted by Gasteiger charge is -2.26. The lowest BCUT2D eigenvalue weighted by molar-refractivity contribution is -0.124. The average Bonchev–Trinajstić information content (AvgIpc) is 2.65. The molecule has 4 nitrogen and oxygen atoms in total. The van der Waals surface area contributed by atoms with Crippen LogP contribution in [0.2, 0.25) is 0 Å². The molecule has 0 saturated carbocycles. The summed E-state index contributed by atoms with van der Waals surface area (Å²) >= 11 is 0. The zero-order valence-corrected chi connectivity index (χ0v) is 12.5. The average molecular weight is 288 g/mol. The van der Waals surface area contributed by atoms with E-state index in [0.29, 0.717) is 38.6 Å². The van der Waals surface area contributed by atoms with Gasteiger partial charge in [-0.25, -0.2) is 0 Å². The highest BCUT2D eigenvalue weighted by atomic mass is 32.2. The number of Topliss-reactive ketones (excluding diaryl/α,β-unsaturated/α-hetero) is 1. The van der Waals surface area contributed by atoms with Crippen LogP contribution in [0.15, 0.2) is 0 Å². The van der Waals surface area contributed by atoms with Gasteiger partial charge in [-0.1, -0.05) is 0 Å². The zero-order valence-electron chi connectivity index (χ0n) is 11.6. The van der Waals surface area contributed by atoms with Gasteiger partial charge in [0, 0.05) is 40.2 Å². The summed E-state index contributed by atoms with van der Waals surface area (Å²) in [6.07, 6.45) is 4.25. The second-order valence-corrected chi connectivity index (χ2v) is 7.33. The van der Waals surface area contributed by atoms with Gasteiger partial charge in [-0.3, -0.25) is 9.00 Å². The Balaban J connectivity index is 1.63. The number of carbonyl (C=O) groups excluding carboxylic acids is 1. The highest BCUT2D eigenvalue weighted by Crippen LogP contribution is 2.39. The van der Waals surface area contributed by atoms with E-state index in [1.165, 1.54) is 0 Å². The molecule has 110 valence electrons. The van der Waals surface area contributed by atoms with Gasteiger partial charge in [-0.05, 0) is 32.6 Å². The summed E-state index contributed by atoms with van der Waals surface area (Å²) in [6, 6.07) is 0. The van der Waals surface area contributed by atoms with Gasteiger partial charge in [-0.15, -0.1) is 0 Å². The third-order valence-electron chi connectivity index (χ3n) is 4.09. The number of rotatable bonds is 8. The topological polar surface area (TPSA) is 52.6 Å². The van der Waals surface area contributed by atoms with Crippen molar-refractivity contribution in [2.24, 2.45) is 5.92 Å². The summed E-state index contributed by atoms with van der Waals surface area (Å²) < 4.78 is 22.4. The fourth-order valence-corrected chi connectivity index (χ4v) is 5.16. The van der Waals surface area contributed by atoms with Crippen LogP contribution in [0.4, 0.5) is 0 Å². The molecule has 2 atom stereocenters. The first-order valence-electron chi connectivity index (χ1n) is 7.30. The van der Waals surface area contributed by atoms with E-state index in [0.717, 1.165) is 25.7 Å². The van der Waals surface area contributed by atoms with Crippen LogP contribution < -0.4 is 0 Å². The first-order valence-corrected chi connectivity index (χ1v) is 8.57. The van der Waals surface area contributed by atoms with Gasteiger partial charge >= 0.3 is 0 Å². The molecular formula is C14H24O4S. The predicted molar refractivity (Wildman–Crippen MR) is 74.6 cm³/mol. The van der Waals surface area contributed by atoms with Crippen molar-refractivity contribution in [2.75, 3.05) is 26.4 Å². The molecule has 2 bridgehead atoms. The molecule has 19 heavy (non-hydrogen) atoms. The SMILES string of the molecule is CCOCCOCCC(=O)C1CC2CCC(C1)S2=O. The Morgan fingerprint density at radius 3 is 2.37 bits per heavy atom. The lowest BCUT2D eigenvalue weighted by atomic mass is 9.93. The van der Waals surface area contributed by atoms with Crippen molar-refractivity contribution in [3.05, 3.63) is 0 Å². The van der Waals surface area contributed by atoms with E-state index in [-0.39, 0.29) is 16.4 Å². The van der Waals surface area contributed by atoms with Crippen molar-refractivity contribution in [3.63, 3.8) is 0 Å². The fraction of sp³-hybridized carbons (Fsp3) is 0.929. The van der Waals surface area contributed by atoms with E-state index in [4.69, 9.17) is 9.47 Å². The first kappa shape index (κ1) is 15.1. The van der Waals surface area contributed by atoms with Gasteiger partial charge < -0.3 is 9.47 Å². The molecule has 5 heteroatoms. The largest absolute Gasteiger partial charge is 0.379 e. The van der Waals surface area contributed by atoms with E-state index in [9.17, 15) is 9.00 Å². The molecule has 0 radical (unpaired) electrons. The molecule has 2 unspecified atom stereocenters. The van der Waals surface area contributed by atoms with Gasteiger partial charge in [0.1, 0.15) is 5.78 Å². The summed E-state index contributed by atoms with van der Waals surface area (Å²) in [7, 11) is -0.667. The Kier molecular flexibility index (Phi) is 5.98. The van der Waals surface area contributed by atoms with Crippen LogP contribution >= 0.6 is 0 Å². The third-order valence-corrected chi connectivity index (χ3v) is 6.26. The van der Waals surface area contributed by atoms with E-state index >= 15 is 0 Å². The minimum Gasteiger partial charge on any atom is -0.379 e. The first-order chi connectivity index (χ1) is 9.22. The molecule has 2 aliphatic heterocycles. The number of ether oxygens (including phenoxy) is 2. The molecule has 0 aromatic carbocycles. The van der Waals surface area contributed by atoms with Crippen LogP contribution in [0.3, 0.4) is 0 Å². The number of hydrogen-bond acceptors (Lipinski definition) is 4. The minimum absolute atomic E-state index is 0.130. The Morgan fingerprint density at radius 2 is 1.74 bits per heavy atom. The molecule has 0 amide bonds. The molecule has 0 aliphatic carbocycles. The van der Waals surface area contributed by atoms with Crippen molar-refractivity contribution in [2.45, 2.75) is 49.5 Å². The minimum atomic E-state index is -0.667. The molecule has 2 aliphatic rings. The maximum atomic E-state index is 12.1. The Morgan fingerprint density at radius 1 is 1.11 bits per heavy atom. The Bertz CT molecular complexity index is 315. The number of hydrogen-bond donors (Lipinski definition) is 0. The quantitative estimate of drug-likeness (QED) is 0.638.